The van der Waals surface area contributed by atoms with Gasteiger partial charge in [0.1, 0.15) is 28.9 Å². The van der Waals surface area contributed by atoms with E-state index in [1.165, 1.54) is 23.9 Å². The fourth-order valence-corrected chi connectivity index (χ4v) is 5.29. The third-order valence-electron chi connectivity index (χ3n) is 7.59. The zero-order chi connectivity index (χ0) is 33.0. The minimum Gasteiger partial charge on any atom is -0.496 e. The number of amides is 2. The maximum Gasteiger partial charge on any atom is 0.330 e. The molecule has 2 aromatic rings. The van der Waals surface area contributed by atoms with Crippen molar-refractivity contribution in [3.63, 3.8) is 0 Å². The van der Waals surface area contributed by atoms with Crippen molar-refractivity contribution in [2.75, 3.05) is 27.4 Å². The Morgan fingerprint density at radius 3 is 2.70 bits per heavy atom. The van der Waals surface area contributed by atoms with Crippen molar-refractivity contribution in [2.24, 2.45) is 4.99 Å². The molecular formula is C33H32N4O9. The number of aliphatic imine (C=N–C) groups is 1. The van der Waals surface area contributed by atoms with Crippen LogP contribution in [0, 0.1) is 25.7 Å². The number of hydrogen-bond acceptors (Lipinski definition) is 9. The SMILES string of the molecule is COC[C@@H]1CC[C@H](n2cc(C#CCNC(=O)/C=N\C(=O)Cc3c4cc(C)c(=O)cc-4oc4cc(OC)c(C)cc34)c(=O)[nH]c2=O)O1. The molecule has 0 radical (unpaired) electrons. The second-order valence-corrected chi connectivity index (χ2v) is 10.8. The maximum atomic E-state index is 12.9. The van der Waals surface area contributed by atoms with E-state index in [1.54, 1.807) is 26.2 Å². The van der Waals surface area contributed by atoms with Gasteiger partial charge in [0.15, 0.2) is 5.43 Å². The van der Waals surface area contributed by atoms with Crippen LogP contribution < -0.4 is 26.7 Å². The smallest absolute Gasteiger partial charge is 0.330 e. The first kappa shape index (κ1) is 32.1. The first-order valence-electron chi connectivity index (χ1n) is 14.5. The van der Waals surface area contributed by atoms with Gasteiger partial charge in [0.2, 0.25) is 5.91 Å². The molecule has 13 nitrogen and oxygen atoms in total. The molecule has 2 amide bonds. The van der Waals surface area contributed by atoms with Crippen LogP contribution in [0.3, 0.4) is 0 Å². The Balaban J connectivity index is 1.27. The fourth-order valence-electron chi connectivity index (χ4n) is 5.29. The normalized spacial score (nSPS) is 16.1. The van der Waals surface area contributed by atoms with Crippen LogP contribution in [0.25, 0.3) is 22.3 Å². The third kappa shape index (κ3) is 6.98. The van der Waals surface area contributed by atoms with E-state index >= 15 is 0 Å². The Bertz CT molecular complexity index is 2060. The predicted octanol–water partition coefficient (Wildman–Crippen LogP) is 2.01. The maximum absolute atomic E-state index is 12.9. The molecule has 46 heavy (non-hydrogen) atoms. The molecule has 13 heteroatoms. The van der Waals surface area contributed by atoms with Gasteiger partial charge in [-0.1, -0.05) is 11.8 Å². The lowest BCUT2D eigenvalue weighted by Gasteiger charge is -2.16. The first-order valence-corrected chi connectivity index (χ1v) is 14.5. The number of aromatic amines is 1. The number of methoxy groups -OCH3 is 2. The highest BCUT2D eigenvalue weighted by Gasteiger charge is 2.27. The number of nitrogens with one attached hydrogen (secondary N) is 2. The van der Waals surface area contributed by atoms with E-state index in [2.05, 4.69) is 27.1 Å². The number of fused-ring (bicyclic) bond motifs is 2. The Labute approximate surface area is 262 Å². The van der Waals surface area contributed by atoms with E-state index in [-0.39, 0.29) is 30.1 Å². The molecule has 3 aliphatic rings. The Hall–Kier alpha value is -5.32. The average molecular weight is 629 g/mol. The van der Waals surface area contributed by atoms with Gasteiger partial charge in [0.25, 0.3) is 11.5 Å². The van der Waals surface area contributed by atoms with Crippen LogP contribution >= 0.6 is 0 Å². The van der Waals surface area contributed by atoms with Crippen molar-refractivity contribution >= 4 is 29.0 Å². The number of aromatic nitrogens is 2. The lowest BCUT2D eigenvalue weighted by Crippen LogP contribution is -2.33. The van der Waals surface area contributed by atoms with Gasteiger partial charge in [0, 0.05) is 36.4 Å². The summed E-state index contributed by atoms with van der Waals surface area (Å²) in [6, 6.07) is 6.59. The van der Waals surface area contributed by atoms with Crippen molar-refractivity contribution in [3.05, 3.63) is 83.8 Å². The van der Waals surface area contributed by atoms with Crippen LogP contribution in [0.5, 0.6) is 5.75 Å². The monoisotopic (exact) mass is 628 g/mol. The summed E-state index contributed by atoms with van der Waals surface area (Å²) in [7, 11) is 3.10. The molecule has 0 saturated carbocycles. The van der Waals surface area contributed by atoms with E-state index in [0.717, 1.165) is 11.8 Å². The number of carbonyl (C=O) groups is 2. The van der Waals surface area contributed by atoms with E-state index in [1.807, 2.05) is 13.0 Å². The van der Waals surface area contributed by atoms with Gasteiger partial charge in [-0.05, 0) is 55.5 Å². The highest BCUT2D eigenvalue weighted by atomic mass is 16.5. The van der Waals surface area contributed by atoms with E-state index in [0.29, 0.717) is 58.6 Å². The number of rotatable bonds is 8. The zero-order valence-corrected chi connectivity index (χ0v) is 25.7. The standard InChI is InChI=1S/C33H32N4O9/c1-18-10-23-22(24-11-19(2)26(44-4)14-28(24)46-27(23)13-25(18)38)12-29(39)35-15-30(40)34-9-5-6-20-16-37(33(42)36-32(20)41)31-8-7-21(45-31)17-43-3/h10-11,13-16,21,31H,7-9,12,17H2,1-4H3,(H,34,40)(H,36,41,42)/b35-15-/t21-,31+/m0/s1. The summed E-state index contributed by atoms with van der Waals surface area (Å²) >= 11 is 0. The van der Waals surface area contributed by atoms with Crippen LogP contribution in [0.1, 0.15) is 41.3 Å². The first-order chi connectivity index (χ1) is 22.1. The molecule has 2 N–H and O–H groups in total. The minimum atomic E-state index is -0.671. The summed E-state index contributed by atoms with van der Waals surface area (Å²) in [4.78, 5) is 68.3. The lowest BCUT2D eigenvalue weighted by molar-refractivity contribution is -0.118. The zero-order valence-electron chi connectivity index (χ0n) is 25.7. The topological polar surface area (TPSA) is 171 Å². The number of hydrogen-bond donors (Lipinski definition) is 2. The number of carbonyl (C=O) groups excluding carboxylic acids is 2. The number of benzene rings is 2. The summed E-state index contributed by atoms with van der Waals surface area (Å²) in [5.74, 6) is 4.95. The van der Waals surface area contributed by atoms with Gasteiger partial charge >= 0.3 is 5.69 Å². The fraction of sp³-hybridized carbons (Fsp3) is 0.333. The molecule has 2 atom stereocenters. The Morgan fingerprint density at radius 1 is 1.13 bits per heavy atom. The quantitative estimate of drug-likeness (QED) is 0.168. The van der Waals surface area contributed by atoms with Crippen LogP contribution in [0.4, 0.5) is 0 Å². The molecule has 238 valence electrons. The van der Waals surface area contributed by atoms with Crippen LogP contribution in [0.2, 0.25) is 0 Å². The molecule has 1 saturated heterocycles. The number of ether oxygens (including phenoxy) is 3. The number of H-pyrrole nitrogens is 1. The molecular weight excluding hydrogens is 596 g/mol. The van der Waals surface area contributed by atoms with Gasteiger partial charge in [0.05, 0.1) is 39.0 Å². The summed E-state index contributed by atoms with van der Waals surface area (Å²) < 4.78 is 23.6. The van der Waals surface area contributed by atoms with Crippen molar-refractivity contribution in [1.29, 1.82) is 0 Å². The average Bonchev–Trinajstić information content (AvgIpc) is 3.48. The van der Waals surface area contributed by atoms with Crippen molar-refractivity contribution < 1.29 is 28.2 Å². The van der Waals surface area contributed by atoms with Crippen molar-refractivity contribution in [3.8, 4) is 28.9 Å². The van der Waals surface area contributed by atoms with Gasteiger partial charge in [-0.15, -0.1) is 0 Å². The Morgan fingerprint density at radius 2 is 1.93 bits per heavy atom. The van der Waals surface area contributed by atoms with Crippen LogP contribution in [-0.4, -0.2) is 61.1 Å². The summed E-state index contributed by atoms with van der Waals surface area (Å²) in [6.45, 7) is 3.78. The number of nitrogens with zero attached hydrogens (tertiary/aromatic N) is 2. The molecule has 1 aliphatic carbocycles. The van der Waals surface area contributed by atoms with Crippen LogP contribution in [-0.2, 0) is 25.5 Å². The van der Waals surface area contributed by atoms with E-state index in [4.69, 9.17) is 18.6 Å². The second-order valence-electron chi connectivity index (χ2n) is 10.8. The lowest BCUT2D eigenvalue weighted by atomic mass is 9.94. The summed E-state index contributed by atoms with van der Waals surface area (Å²) in [5, 5.41) is 3.14. The highest BCUT2D eigenvalue weighted by Crippen LogP contribution is 2.36. The second kappa shape index (κ2) is 13.8. The predicted molar refractivity (Wildman–Crippen MR) is 169 cm³/mol. The van der Waals surface area contributed by atoms with Crippen molar-refractivity contribution in [2.45, 2.75) is 45.4 Å². The van der Waals surface area contributed by atoms with Gasteiger partial charge in [-0.2, -0.15) is 0 Å². The molecule has 1 aromatic carbocycles. The molecule has 2 aliphatic heterocycles. The minimum absolute atomic E-state index is 0.0257. The Kier molecular flexibility index (Phi) is 9.60. The number of aryl methyl sites for hydroxylation is 2. The van der Waals surface area contributed by atoms with Crippen molar-refractivity contribution in [1.82, 2.24) is 14.9 Å². The third-order valence-corrected chi connectivity index (χ3v) is 7.59. The molecule has 0 spiro atoms. The van der Waals surface area contributed by atoms with E-state index in [9.17, 15) is 24.0 Å². The molecule has 3 heterocycles. The van der Waals surface area contributed by atoms with Gasteiger partial charge in [-0.25, -0.2) is 9.79 Å². The molecule has 1 aromatic heterocycles. The molecule has 0 unspecified atom stereocenters. The van der Waals surface area contributed by atoms with Gasteiger partial charge in [-0.3, -0.25) is 28.7 Å². The van der Waals surface area contributed by atoms with Crippen LogP contribution in [0.15, 0.2) is 54.3 Å². The summed E-state index contributed by atoms with van der Waals surface area (Å²) in [6.07, 6.45) is 2.59. The summed E-state index contributed by atoms with van der Waals surface area (Å²) in [5.41, 5.74) is 1.49. The molecule has 1 fully saturated rings. The molecule has 5 rings (SSSR count). The van der Waals surface area contributed by atoms with E-state index < -0.39 is 29.3 Å². The molecule has 0 bridgehead atoms. The largest absolute Gasteiger partial charge is 0.496 e. The van der Waals surface area contributed by atoms with Gasteiger partial charge < -0.3 is 23.9 Å². The highest BCUT2D eigenvalue weighted by molar-refractivity contribution is 6.28.